The normalized spacial score (nSPS) is 8.81. The Labute approximate surface area is 92.0 Å². The van der Waals surface area contributed by atoms with E-state index in [0.29, 0.717) is 12.1 Å². The van der Waals surface area contributed by atoms with Gasteiger partial charge in [-0.15, -0.1) is 0 Å². The zero-order chi connectivity index (χ0) is 12.7. The minimum absolute atomic E-state index is 0.240. The molecule has 5 heteroatoms. The van der Waals surface area contributed by atoms with Crippen LogP contribution in [0.2, 0.25) is 0 Å². The maximum Gasteiger partial charge on any atom is 0.338 e. The minimum atomic E-state index is -1.20. The molecule has 3 nitrogen and oxygen atoms in total. The molecule has 0 atom stereocenters. The average Bonchev–Trinajstić information content (AvgIpc) is 2.33. The summed E-state index contributed by atoms with van der Waals surface area (Å²) in [6, 6.07) is 1.28. The lowest BCUT2D eigenvalue weighted by molar-refractivity contribution is 0.0597. The number of hydrogen-bond donors (Lipinski definition) is 0. The van der Waals surface area contributed by atoms with Crippen LogP contribution in [0.3, 0.4) is 0 Å². The molecule has 88 valence electrons. The number of methoxy groups -OCH3 is 1. The van der Waals surface area contributed by atoms with E-state index in [4.69, 9.17) is 0 Å². The van der Waals surface area contributed by atoms with Crippen molar-refractivity contribution in [2.24, 2.45) is 0 Å². The molecule has 0 aromatic heterocycles. The first-order valence-corrected chi connectivity index (χ1v) is 4.62. The third-order valence-electron chi connectivity index (χ3n) is 1.62. The van der Waals surface area contributed by atoms with E-state index >= 15 is 0 Å². The summed E-state index contributed by atoms with van der Waals surface area (Å²) in [5.41, 5.74) is -0.530. The molecular formula is C11H12F2O3. The Balaban J connectivity index is 0.00000106. The quantitative estimate of drug-likeness (QED) is 0.579. The molecule has 0 saturated heterocycles. The first-order valence-electron chi connectivity index (χ1n) is 4.62. The molecule has 0 N–H and O–H groups in total. The zero-order valence-corrected chi connectivity index (χ0v) is 9.21. The van der Waals surface area contributed by atoms with Crippen LogP contribution in [0.1, 0.15) is 34.6 Å². The number of hydrogen-bond acceptors (Lipinski definition) is 3. The van der Waals surface area contributed by atoms with Crippen molar-refractivity contribution in [2.45, 2.75) is 13.8 Å². The van der Waals surface area contributed by atoms with Crippen LogP contribution in [0, 0.1) is 11.6 Å². The highest BCUT2D eigenvalue weighted by atomic mass is 19.2. The van der Waals surface area contributed by atoms with Crippen LogP contribution in [0.4, 0.5) is 8.78 Å². The fourth-order valence-electron chi connectivity index (χ4n) is 0.946. The van der Waals surface area contributed by atoms with Crippen LogP contribution >= 0.6 is 0 Å². The van der Waals surface area contributed by atoms with E-state index < -0.39 is 17.6 Å². The second-order valence-corrected chi connectivity index (χ2v) is 2.46. The van der Waals surface area contributed by atoms with Gasteiger partial charge in [0, 0.05) is 5.56 Å². The Bertz CT molecular complexity index is 389. The molecule has 0 radical (unpaired) electrons. The lowest BCUT2D eigenvalue weighted by Crippen LogP contribution is -2.07. The van der Waals surface area contributed by atoms with Gasteiger partial charge in [-0.25, -0.2) is 13.6 Å². The molecule has 0 unspecified atom stereocenters. The van der Waals surface area contributed by atoms with Crippen LogP contribution in [0.5, 0.6) is 0 Å². The van der Waals surface area contributed by atoms with Gasteiger partial charge in [0.05, 0.1) is 12.7 Å². The molecule has 0 bridgehead atoms. The van der Waals surface area contributed by atoms with E-state index in [1.165, 1.54) is 0 Å². The van der Waals surface area contributed by atoms with Gasteiger partial charge in [-0.2, -0.15) is 0 Å². The fourth-order valence-corrected chi connectivity index (χ4v) is 0.946. The van der Waals surface area contributed by atoms with Crippen molar-refractivity contribution in [3.05, 3.63) is 34.9 Å². The Morgan fingerprint density at radius 2 is 1.75 bits per heavy atom. The second kappa shape index (κ2) is 6.66. The van der Waals surface area contributed by atoms with Gasteiger partial charge in [0.2, 0.25) is 0 Å². The van der Waals surface area contributed by atoms with Crippen LogP contribution in [0.25, 0.3) is 0 Å². The number of rotatable bonds is 2. The van der Waals surface area contributed by atoms with E-state index in [9.17, 15) is 18.4 Å². The number of esters is 1. The molecule has 0 fully saturated rings. The van der Waals surface area contributed by atoms with Gasteiger partial charge in [-0.3, -0.25) is 4.79 Å². The number of carbonyl (C=O) groups is 2. The minimum Gasteiger partial charge on any atom is -0.465 e. The average molecular weight is 230 g/mol. The largest absolute Gasteiger partial charge is 0.465 e. The molecular weight excluding hydrogens is 218 g/mol. The standard InChI is InChI=1S/C9H6F2O3.C2H6/c1-14-9(13)6-3-8(11)7(10)2-5(6)4-12;1-2/h2-4H,1H3;1-2H3. The highest BCUT2D eigenvalue weighted by Gasteiger charge is 2.15. The summed E-state index contributed by atoms with van der Waals surface area (Å²) in [6.45, 7) is 4.00. The third kappa shape index (κ3) is 3.12. The summed E-state index contributed by atoms with van der Waals surface area (Å²) in [7, 11) is 1.08. The Hall–Kier alpha value is -1.78. The number of benzene rings is 1. The third-order valence-corrected chi connectivity index (χ3v) is 1.62. The van der Waals surface area contributed by atoms with Crippen molar-refractivity contribution in [2.75, 3.05) is 7.11 Å². The Morgan fingerprint density at radius 1 is 1.25 bits per heavy atom. The van der Waals surface area contributed by atoms with Crippen molar-refractivity contribution >= 4 is 12.3 Å². The summed E-state index contributed by atoms with van der Waals surface area (Å²) in [5, 5.41) is 0. The van der Waals surface area contributed by atoms with Crippen LogP contribution in [-0.2, 0) is 4.74 Å². The van der Waals surface area contributed by atoms with Crippen molar-refractivity contribution in [1.82, 2.24) is 0 Å². The second-order valence-electron chi connectivity index (χ2n) is 2.46. The van der Waals surface area contributed by atoms with Crippen molar-refractivity contribution in [1.29, 1.82) is 0 Å². The first kappa shape index (κ1) is 14.2. The predicted octanol–water partition coefficient (Wildman–Crippen LogP) is 2.59. The maximum atomic E-state index is 12.7. The fraction of sp³-hybridized carbons (Fsp3) is 0.273. The molecule has 1 aromatic carbocycles. The first-order chi connectivity index (χ1) is 7.60. The number of carbonyl (C=O) groups excluding carboxylic acids is 2. The monoisotopic (exact) mass is 230 g/mol. The highest BCUT2D eigenvalue weighted by Crippen LogP contribution is 2.14. The molecule has 1 rings (SSSR count). The Morgan fingerprint density at radius 3 is 2.19 bits per heavy atom. The van der Waals surface area contributed by atoms with Gasteiger partial charge in [-0.1, -0.05) is 13.8 Å². The zero-order valence-electron chi connectivity index (χ0n) is 9.21. The number of ether oxygens (including phenoxy) is 1. The molecule has 0 amide bonds. The predicted molar refractivity (Wildman–Crippen MR) is 54.4 cm³/mol. The molecule has 0 saturated carbocycles. The smallest absolute Gasteiger partial charge is 0.338 e. The van der Waals surface area contributed by atoms with Crippen molar-refractivity contribution < 1.29 is 23.1 Å². The highest BCUT2D eigenvalue weighted by molar-refractivity contribution is 5.98. The van der Waals surface area contributed by atoms with Gasteiger partial charge in [0.15, 0.2) is 17.9 Å². The van der Waals surface area contributed by atoms with Gasteiger partial charge in [-0.05, 0) is 12.1 Å². The lowest BCUT2D eigenvalue weighted by atomic mass is 10.1. The molecule has 1 aromatic rings. The van der Waals surface area contributed by atoms with E-state index in [1.807, 2.05) is 13.8 Å². The van der Waals surface area contributed by atoms with Crippen molar-refractivity contribution in [3.8, 4) is 0 Å². The number of aldehydes is 1. The summed E-state index contributed by atoms with van der Waals surface area (Å²) in [6.07, 6.45) is 0.259. The summed E-state index contributed by atoms with van der Waals surface area (Å²) in [5.74, 6) is -3.26. The summed E-state index contributed by atoms with van der Waals surface area (Å²) >= 11 is 0. The van der Waals surface area contributed by atoms with Gasteiger partial charge in [0.1, 0.15) is 0 Å². The van der Waals surface area contributed by atoms with Gasteiger partial charge < -0.3 is 4.74 Å². The van der Waals surface area contributed by atoms with Crippen LogP contribution < -0.4 is 0 Å². The van der Waals surface area contributed by atoms with E-state index in [2.05, 4.69) is 4.74 Å². The molecule has 0 aliphatic rings. The van der Waals surface area contributed by atoms with Crippen LogP contribution in [-0.4, -0.2) is 19.4 Å². The van der Waals surface area contributed by atoms with E-state index in [-0.39, 0.29) is 17.4 Å². The SMILES string of the molecule is CC.COC(=O)c1cc(F)c(F)cc1C=O. The topological polar surface area (TPSA) is 43.4 Å². The van der Waals surface area contributed by atoms with Gasteiger partial charge >= 0.3 is 5.97 Å². The number of halogens is 2. The van der Waals surface area contributed by atoms with Crippen LogP contribution in [0.15, 0.2) is 12.1 Å². The molecule has 16 heavy (non-hydrogen) atoms. The van der Waals surface area contributed by atoms with Crippen molar-refractivity contribution in [3.63, 3.8) is 0 Å². The van der Waals surface area contributed by atoms with E-state index in [1.54, 1.807) is 0 Å². The van der Waals surface area contributed by atoms with E-state index in [0.717, 1.165) is 7.11 Å². The molecule has 0 aliphatic heterocycles. The summed E-state index contributed by atoms with van der Waals surface area (Å²) < 4.78 is 29.6. The Kier molecular flexibility index (Phi) is 5.92. The summed E-state index contributed by atoms with van der Waals surface area (Å²) in [4.78, 5) is 21.4. The molecule has 0 heterocycles. The maximum absolute atomic E-state index is 12.7. The molecule has 0 spiro atoms. The van der Waals surface area contributed by atoms with Gasteiger partial charge in [0.25, 0.3) is 0 Å². The lowest BCUT2D eigenvalue weighted by Gasteiger charge is -2.02. The molecule has 0 aliphatic carbocycles.